The Labute approximate surface area is 821 Å². The van der Waals surface area contributed by atoms with Crippen molar-refractivity contribution in [1.29, 1.82) is 5.26 Å². The molecule has 0 spiro atoms. The van der Waals surface area contributed by atoms with Gasteiger partial charge in [-0.15, -0.1) is 0 Å². The molecule has 6 aliphatic rings. The van der Waals surface area contributed by atoms with Crippen LogP contribution >= 0.6 is 79.6 Å². The van der Waals surface area contributed by atoms with Crippen LogP contribution < -0.4 is 27.4 Å². The number of nitrogens with two attached hydrogens (primary N) is 2. The number of ketones is 1. The van der Waals surface area contributed by atoms with Crippen LogP contribution in [-0.2, 0) is 81.8 Å². The quantitative estimate of drug-likeness (QED) is 0.0678. The number of hydrogen-bond acceptors (Lipinski definition) is 8. The van der Waals surface area contributed by atoms with Crippen LogP contribution in [0.3, 0.4) is 0 Å². The first-order valence-corrected chi connectivity index (χ1v) is 48.7. The molecule has 0 fully saturated rings. The molecule has 21 heteroatoms. The lowest BCUT2D eigenvalue weighted by molar-refractivity contribution is -0.118. The topological polar surface area (TPSA) is 217 Å². The summed E-state index contributed by atoms with van der Waals surface area (Å²) in [4.78, 5) is 59.6. The minimum absolute atomic E-state index is 0.0498. The summed E-state index contributed by atoms with van der Waals surface area (Å²) in [5.74, 6) is -1.84. The smallest absolute Gasteiger partial charge is 0.335 e. The lowest BCUT2D eigenvalue weighted by Gasteiger charge is -2.25. The van der Waals surface area contributed by atoms with Crippen LogP contribution in [0.5, 0.6) is 0 Å². The van der Waals surface area contributed by atoms with Gasteiger partial charge >= 0.3 is 5.97 Å². The molecule has 0 aliphatic heterocycles. The van der Waals surface area contributed by atoms with Gasteiger partial charge in [0.15, 0.2) is 0 Å². The Morgan fingerprint density at radius 1 is 0.291 bits per heavy atom. The van der Waals surface area contributed by atoms with Gasteiger partial charge in [0, 0.05) is 82.1 Å². The molecule has 3 amide bonds. The van der Waals surface area contributed by atoms with Crippen molar-refractivity contribution in [1.82, 2.24) is 16.0 Å². The summed E-state index contributed by atoms with van der Waals surface area (Å²) in [6.07, 6.45) is 16.9. The summed E-state index contributed by atoms with van der Waals surface area (Å²) < 4.78 is 57.5. The minimum atomic E-state index is -0.953. The minimum Gasteiger partial charge on any atom is -0.478 e. The van der Waals surface area contributed by atoms with Crippen molar-refractivity contribution in [3.8, 4) is 50.6 Å². The number of Topliss-reactive ketones (excluding diaryl/α,β-unsaturated/α-hetero) is 1. The van der Waals surface area contributed by atoms with Gasteiger partial charge in [-0.05, 0) is 384 Å². The monoisotopic (exact) mass is 2110 g/mol. The molecular formula is C113H99Br5F4N6O6. The van der Waals surface area contributed by atoms with Crippen molar-refractivity contribution in [2.75, 3.05) is 0 Å². The average molecular weight is 2110 g/mol. The van der Waals surface area contributed by atoms with Crippen molar-refractivity contribution >= 4 is 109 Å². The number of rotatable bonds is 11. The van der Waals surface area contributed by atoms with Gasteiger partial charge in [-0.25, -0.2) is 22.4 Å². The predicted octanol–water partition coefficient (Wildman–Crippen LogP) is 26.0. The molecule has 6 aliphatic carbocycles. The Bertz CT molecular complexity index is 6300. The third-order valence-electron chi connectivity index (χ3n) is 24.7. The lowest BCUT2D eigenvalue weighted by atomic mass is 9.87. The van der Waals surface area contributed by atoms with Crippen LogP contribution in [0.25, 0.3) is 44.5 Å². The fourth-order valence-corrected chi connectivity index (χ4v) is 19.4. The van der Waals surface area contributed by atoms with Crippen LogP contribution in [0.15, 0.2) is 326 Å². The number of benzene rings is 14. The molecular weight excluding hydrogens is 2010 g/mol. The Hall–Kier alpha value is -11.8. The van der Waals surface area contributed by atoms with E-state index in [1.807, 2.05) is 91.0 Å². The van der Waals surface area contributed by atoms with Crippen LogP contribution in [0.2, 0.25) is 0 Å². The zero-order valence-electron chi connectivity index (χ0n) is 73.5. The van der Waals surface area contributed by atoms with Crippen molar-refractivity contribution in [2.24, 2.45) is 11.5 Å². The van der Waals surface area contributed by atoms with Gasteiger partial charge in [-0.2, -0.15) is 5.26 Å². The number of carbonyl (C=O) groups is 5. The molecule has 5 atom stereocenters. The highest BCUT2D eigenvalue weighted by Crippen LogP contribution is 2.33. The second kappa shape index (κ2) is 47.4. The van der Waals surface area contributed by atoms with Crippen molar-refractivity contribution in [3.63, 3.8) is 0 Å². The van der Waals surface area contributed by atoms with E-state index in [0.717, 1.165) is 161 Å². The highest BCUT2D eigenvalue weighted by molar-refractivity contribution is 9.11. The second-order valence-electron chi connectivity index (χ2n) is 34.3. The molecule has 0 bridgehead atoms. The lowest BCUT2D eigenvalue weighted by Crippen LogP contribution is -2.38. The van der Waals surface area contributed by atoms with E-state index < -0.39 is 5.97 Å². The van der Waals surface area contributed by atoms with Gasteiger partial charge in [-0.1, -0.05) is 213 Å². The summed E-state index contributed by atoms with van der Waals surface area (Å²) in [5, 5.41) is 27.2. The highest BCUT2D eigenvalue weighted by Gasteiger charge is 2.26. The molecule has 8 N–H and O–H groups in total. The fourth-order valence-electron chi connectivity index (χ4n) is 17.3. The van der Waals surface area contributed by atoms with E-state index in [1.54, 1.807) is 72.8 Å². The molecule has 0 saturated carbocycles. The van der Waals surface area contributed by atoms with E-state index in [9.17, 15) is 41.5 Å². The Morgan fingerprint density at radius 2 is 0.530 bits per heavy atom. The maximum absolute atomic E-state index is 13.1. The van der Waals surface area contributed by atoms with E-state index in [2.05, 4.69) is 181 Å². The third-order valence-corrected chi connectivity index (χ3v) is 27.2. The Balaban J connectivity index is 0.000000129. The number of halogens is 9. The number of hydrogen-bond donors (Lipinski definition) is 6. The summed E-state index contributed by atoms with van der Waals surface area (Å²) in [6.45, 7) is 0. The maximum Gasteiger partial charge on any atom is 0.335 e. The summed E-state index contributed by atoms with van der Waals surface area (Å²) >= 11 is 17.4. The van der Waals surface area contributed by atoms with Crippen LogP contribution in [-0.4, -0.2) is 64.8 Å². The van der Waals surface area contributed by atoms with E-state index in [1.165, 1.54) is 136 Å². The number of carboxylic acids is 1. The number of fused-ring (bicyclic) bond motifs is 6. The summed E-state index contributed by atoms with van der Waals surface area (Å²) in [6, 6.07) is 94.7. The molecule has 134 heavy (non-hydrogen) atoms. The van der Waals surface area contributed by atoms with Crippen LogP contribution in [0, 0.1) is 34.6 Å². The van der Waals surface area contributed by atoms with Gasteiger partial charge in [-0.3, -0.25) is 19.2 Å². The van der Waals surface area contributed by atoms with Crippen molar-refractivity contribution < 1.29 is 46.6 Å². The number of amides is 3. The summed E-state index contributed by atoms with van der Waals surface area (Å²) in [7, 11) is 0. The molecule has 14 aromatic carbocycles. The largest absolute Gasteiger partial charge is 0.478 e. The molecule has 5 unspecified atom stereocenters. The van der Waals surface area contributed by atoms with E-state index >= 15 is 0 Å². The number of nitrogens with zero attached hydrogens (tertiary/aromatic N) is 1. The number of carbonyl (C=O) groups excluding carboxylic acids is 4. The normalized spacial score (nSPS) is 16.2. The standard InChI is InChI=1S/C24H19FN2O.2C23H19BrFNO.C13H9FO2.2C10H12BrN.C10H9BrO/c25-22-10-7-18(8-11-22)17-3-5-19(6-4-17)24(28)27-23-12-9-20-13-16(15-26)1-2-21(20)14-23;2*24-20-9-5-19-14-22(12-8-18(19)13-20)26-23(27)17-3-1-15(2-4-17)16-6-10-21(25)11-7-16;14-12-7-5-10(6-8-12)9-1-3-11(4-2-9)13(15)16;3*11-9-3-1-8-6-10(12)4-2-7(8)5-9/h1-8,10-11,13,23H,9,12,14H2,(H,27,28);2*1-7,9-11,13,22H,8,12,14H2,(H,26,27);1-8H,(H,15,16);2*1,3,5,10H,2,4,6,12H2;1,3,5H,2,4,6H2. The van der Waals surface area contributed by atoms with E-state index in [-0.39, 0.29) is 64.7 Å². The molecule has 20 rings (SSSR count). The van der Waals surface area contributed by atoms with Gasteiger partial charge < -0.3 is 32.5 Å². The molecule has 12 nitrogen and oxygen atoms in total. The SMILES string of the molecule is N#Cc1ccc2c(c1)CCC(NC(=O)c1ccc(-c3ccc(F)cc3)cc1)C2.NC1CCc2cc(Br)ccc2C1.NC1CCc2cc(Br)ccc2C1.O=C(NC1CCc2cc(Br)ccc2C1)c1ccc(-c2ccc(F)cc2)cc1.O=C(NC1CCc2cc(Br)ccc2C1)c1ccc(-c2ccc(F)cc2)cc1.O=C(O)c1ccc(-c2ccc(F)cc2)cc1.O=C1CCc2cc(Br)ccc2C1. The average Bonchev–Trinajstić information content (AvgIpc) is 0.809. The van der Waals surface area contributed by atoms with Gasteiger partial charge in [0.1, 0.15) is 29.1 Å². The number of carboxylic acid groups (broad SMARTS) is 1. The van der Waals surface area contributed by atoms with Crippen molar-refractivity contribution in [2.45, 2.75) is 146 Å². The molecule has 0 radical (unpaired) electrons. The van der Waals surface area contributed by atoms with Gasteiger partial charge in [0.25, 0.3) is 17.7 Å². The summed E-state index contributed by atoms with van der Waals surface area (Å²) in [5.41, 5.74) is 38.0. The van der Waals surface area contributed by atoms with Gasteiger partial charge in [0.2, 0.25) is 0 Å². The second-order valence-corrected chi connectivity index (χ2v) is 38.8. The number of nitriles is 1. The molecule has 14 aromatic rings. The van der Waals surface area contributed by atoms with Crippen LogP contribution in [0.1, 0.15) is 152 Å². The van der Waals surface area contributed by atoms with Crippen molar-refractivity contribution in [3.05, 3.63) is 444 Å². The van der Waals surface area contributed by atoms with Crippen LogP contribution in [0.4, 0.5) is 17.6 Å². The number of aromatic carboxylic acids is 1. The highest BCUT2D eigenvalue weighted by atomic mass is 79.9. The van der Waals surface area contributed by atoms with E-state index in [4.69, 9.17) is 21.8 Å². The molecule has 0 heterocycles. The zero-order chi connectivity index (χ0) is 94.3. The fraction of sp³-hybridized carbons (Fsp3) is 0.204. The Morgan fingerprint density at radius 3 is 0.813 bits per heavy atom. The molecule has 0 saturated heterocycles. The molecule has 0 aromatic heterocycles. The van der Waals surface area contributed by atoms with Gasteiger partial charge in [0.05, 0.1) is 17.2 Å². The third kappa shape index (κ3) is 28.2. The first-order chi connectivity index (χ1) is 64.7. The molecule has 680 valence electrons. The first kappa shape index (κ1) is 98.2. The Kier molecular flexibility index (Phi) is 34.7. The maximum atomic E-state index is 13.1. The van der Waals surface area contributed by atoms with E-state index in [0.29, 0.717) is 53.0 Å². The predicted molar refractivity (Wildman–Crippen MR) is 543 cm³/mol. The number of nitrogens with one attached hydrogen (secondary N) is 3. The first-order valence-electron chi connectivity index (χ1n) is 44.7. The zero-order valence-corrected chi connectivity index (χ0v) is 81.4. The number of aryl methyl sites for hydroxylation is 6.